The normalized spacial score (nSPS) is 10.7. The van der Waals surface area contributed by atoms with E-state index in [0.29, 0.717) is 16.0 Å². The number of anilines is 1. The second-order valence-corrected chi connectivity index (χ2v) is 6.94. The Labute approximate surface area is 161 Å². The molecule has 6 nitrogen and oxygen atoms in total. The SMILES string of the molecule is CCn1c(SCC(=O)Nc2ccc(Cl)cn2)nnc1-c1ccccc1C. The van der Waals surface area contributed by atoms with Crippen molar-refractivity contribution in [2.75, 3.05) is 11.1 Å². The zero-order valence-corrected chi connectivity index (χ0v) is 16.0. The first-order valence-corrected chi connectivity index (χ1v) is 9.48. The number of rotatable bonds is 6. The van der Waals surface area contributed by atoms with Crippen molar-refractivity contribution in [3.8, 4) is 11.4 Å². The first-order valence-electron chi connectivity index (χ1n) is 8.12. The fourth-order valence-electron chi connectivity index (χ4n) is 2.46. The summed E-state index contributed by atoms with van der Waals surface area (Å²) in [6, 6.07) is 11.4. The van der Waals surface area contributed by atoms with Gasteiger partial charge in [0.05, 0.1) is 10.8 Å². The molecule has 0 saturated heterocycles. The van der Waals surface area contributed by atoms with E-state index in [4.69, 9.17) is 11.6 Å². The summed E-state index contributed by atoms with van der Waals surface area (Å²) in [5.74, 6) is 1.34. The Kier molecular flexibility index (Phi) is 5.90. The molecule has 1 N–H and O–H groups in total. The van der Waals surface area contributed by atoms with Crippen molar-refractivity contribution in [3.05, 3.63) is 53.2 Å². The second kappa shape index (κ2) is 8.33. The van der Waals surface area contributed by atoms with Crippen molar-refractivity contribution in [1.82, 2.24) is 19.7 Å². The highest BCUT2D eigenvalue weighted by atomic mass is 35.5. The van der Waals surface area contributed by atoms with Gasteiger partial charge in [-0.05, 0) is 31.5 Å². The molecule has 3 aromatic rings. The summed E-state index contributed by atoms with van der Waals surface area (Å²) in [7, 11) is 0. The van der Waals surface area contributed by atoms with Gasteiger partial charge in [0.15, 0.2) is 11.0 Å². The van der Waals surface area contributed by atoms with E-state index in [1.165, 1.54) is 18.0 Å². The van der Waals surface area contributed by atoms with Crippen LogP contribution in [0.2, 0.25) is 5.02 Å². The van der Waals surface area contributed by atoms with Crippen molar-refractivity contribution in [1.29, 1.82) is 0 Å². The lowest BCUT2D eigenvalue weighted by Crippen LogP contribution is -2.15. The molecule has 0 unspecified atom stereocenters. The molecule has 2 heterocycles. The summed E-state index contributed by atoms with van der Waals surface area (Å²) in [4.78, 5) is 16.2. The minimum atomic E-state index is -0.159. The smallest absolute Gasteiger partial charge is 0.236 e. The van der Waals surface area contributed by atoms with Gasteiger partial charge in [0.1, 0.15) is 5.82 Å². The van der Waals surface area contributed by atoms with Crippen LogP contribution in [-0.4, -0.2) is 31.4 Å². The van der Waals surface area contributed by atoms with Crippen LogP contribution in [0.15, 0.2) is 47.8 Å². The van der Waals surface area contributed by atoms with Crippen molar-refractivity contribution in [2.45, 2.75) is 25.5 Å². The number of thioether (sulfide) groups is 1. The molecule has 0 spiro atoms. The third-order valence-electron chi connectivity index (χ3n) is 3.75. The lowest BCUT2D eigenvalue weighted by molar-refractivity contribution is -0.113. The molecule has 0 bridgehead atoms. The summed E-state index contributed by atoms with van der Waals surface area (Å²) in [6.07, 6.45) is 1.49. The molecule has 0 radical (unpaired) electrons. The third kappa shape index (κ3) is 4.23. The van der Waals surface area contributed by atoms with Gasteiger partial charge in [-0.25, -0.2) is 4.98 Å². The fourth-order valence-corrected chi connectivity index (χ4v) is 3.38. The Hall–Kier alpha value is -2.38. The number of hydrogen-bond donors (Lipinski definition) is 1. The van der Waals surface area contributed by atoms with E-state index >= 15 is 0 Å². The number of benzene rings is 1. The van der Waals surface area contributed by atoms with Crippen LogP contribution in [0, 0.1) is 6.92 Å². The molecule has 0 aliphatic heterocycles. The summed E-state index contributed by atoms with van der Waals surface area (Å²) in [5.41, 5.74) is 2.18. The minimum absolute atomic E-state index is 0.159. The predicted molar refractivity (Wildman–Crippen MR) is 104 cm³/mol. The maximum Gasteiger partial charge on any atom is 0.236 e. The number of halogens is 1. The van der Waals surface area contributed by atoms with Crippen LogP contribution in [0.1, 0.15) is 12.5 Å². The highest BCUT2D eigenvalue weighted by Crippen LogP contribution is 2.26. The van der Waals surface area contributed by atoms with Gasteiger partial charge in [0.25, 0.3) is 0 Å². The molecule has 3 rings (SSSR count). The van der Waals surface area contributed by atoms with Gasteiger partial charge in [-0.2, -0.15) is 0 Å². The number of aromatic nitrogens is 4. The number of nitrogens with zero attached hydrogens (tertiary/aromatic N) is 4. The van der Waals surface area contributed by atoms with E-state index in [-0.39, 0.29) is 11.7 Å². The fraction of sp³-hybridized carbons (Fsp3) is 0.222. The molecule has 1 aromatic carbocycles. The van der Waals surface area contributed by atoms with Gasteiger partial charge in [0.2, 0.25) is 5.91 Å². The molecule has 26 heavy (non-hydrogen) atoms. The van der Waals surface area contributed by atoms with E-state index in [1.54, 1.807) is 12.1 Å². The average Bonchev–Trinajstić information content (AvgIpc) is 3.05. The third-order valence-corrected chi connectivity index (χ3v) is 4.94. The van der Waals surface area contributed by atoms with Crippen molar-refractivity contribution >= 4 is 35.1 Å². The van der Waals surface area contributed by atoms with Gasteiger partial charge in [-0.3, -0.25) is 4.79 Å². The van der Waals surface area contributed by atoms with E-state index in [9.17, 15) is 4.79 Å². The van der Waals surface area contributed by atoms with Crippen molar-refractivity contribution in [2.24, 2.45) is 0 Å². The summed E-state index contributed by atoms with van der Waals surface area (Å²) >= 11 is 7.14. The molecule has 0 atom stereocenters. The maximum absolute atomic E-state index is 12.1. The van der Waals surface area contributed by atoms with Gasteiger partial charge < -0.3 is 9.88 Å². The second-order valence-electron chi connectivity index (χ2n) is 5.56. The van der Waals surface area contributed by atoms with Crippen LogP contribution < -0.4 is 5.32 Å². The zero-order chi connectivity index (χ0) is 18.5. The average molecular weight is 388 g/mol. The number of carbonyl (C=O) groups excluding carboxylic acids is 1. The Morgan fingerprint density at radius 2 is 2.04 bits per heavy atom. The van der Waals surface area contributed by atoms with E-state index in [1.807, 2.05) is 42.7 Å². The van der Waals surface area contributed by atoms with E-state index in [0.717, 1.165) is 23.5 Å². The van der Waals surface area contributed by atoms with E-state index < -0.39 is 0 Å². The van der Waals surface area contributed by atoms with Crippen LogP contribution in [0.4, 0.5) is 5.82 Å². The van der Waals surface area contributed by atoms with Crippen LogP contribution in [-0.2, 0) is 11.3 Å². The van der Waals surface area contributed by atoms with Crippen molar-refractivity contribution < 1.29 is 4.79 Å². The summed E-state index contributed by atoms with van der Waals surface area (Å²) < 4.78 is 2.01. The predicted octanol–water partition coefficient (Wildman–Crippen LogP) is 4.05. The number of nitrogens with one attached hydrogen (secondary N) is 1. The monoisotopic (exact) mass is 387 g/mol. The van der Waals surface area contributed by atoms with Crippen LogP contribution in [0.5, 0.6) is 0 Å². The molecule has 1 amide bonds. The molecule has 0 fully saturated rings. The van der Waals surface area contributed by atoms with Crippen LogP contribution in [0.25, 0.3) is 11.4 Å². The van der Waals surface area contributed by atoms with E-state index in [2.05, 4.69) is 20.5 Å². The molecular weight excluding hydrogens is 370 g/mol. The minimum Gasteiger partial charge on any atom is -0.310 e. The van der Waals surface area contributed by atoms with Gasteiger partial charge in [-0.1, -0.05) is 47.6 Å². The van der Waals surface area contributed by atoms with Gasteiger partial charge in [0, 0.05) is 18.3 Å². The molecule has 134 valence electrons. The summed E-state index contributed by atoms with van der Waals surface area (Å²) in [6.45, 7) is 4.80. The zero-order valence-electron chi connectivity index (χ0n) is 14.4. The lowest BCUT2D eigenvalue weighted by Gasteiger charge is -2.09. The number of carbonyl (C=O) groups is 1. The standard InChI is InChI=1S/C18H18ClN5OS/c1-3-24-17(14-7-5-4-6-12(14)2)22-23-18(24)26-11-16(25)21-15-9-8-13(19)10-20-15/h4-10H,3,11H2,1-2H3,(H,20,21,25). The number of aryl methyl sites for hydroxylation is 1. The summed E-state index contributed by atoms with van der Waals surface area (Å²) in [5, 5.41) is 12.6. The topological polar surface area (TPSA) is 72.7 Å². The largest absolute Gasteiger partial charge is 0.310 e. The number of amides is 1. The molecule has 2 aromatic heterocycles. The Morgan fingerprint density at radius 3 is 2.73 bits per heavy atom. The molecule has 0 aliphatic carbocycles. The molecular formula is C18H18ClN5OS. The highest BCUT2D eigenvalue weighted by molar-refractivity contribution is 7.99. The molecule has 0 aliphatic rings. The van der Waals surface area contributed by atoms with Crippen LogP contribution in [0.3, 0.4) is 0 Å². The number of pyridine rings is 1. The first kappa shape index (κ1) is 18.4. The quantitative estimate of drug-likeness (QED) is 0.646. The van der Waals surface area contributed by atoms with Gasteiger partial charge >= 0.3 is 0 Å². The van der Waals surface area contributed by atoms with Gasteiger partial charge in [-0.15, -0.1) is 10.2 Å². The molecule has 8 heteroatoms. The maximum atomic E-state index is 12.1. The first-order chi connectivity index (χ1) is 12.6. The lowest BCUT2D eigenvalue weighted by atomic mass is 10.1. The van der Waals surface area contributed by atoms with Crippen LogP contribution >= 0.6 is 23.4 Å². The Bertz CT molecular complexity index is 910. The Morgan fingerprint density at radius 1 is 1.23 bits per heavy atom. The molecule has 0 saturated carbocycles. The number of hydrogen-bond acceptors (Lipinski definition) is 5. The highest BCUT2D eigenvalue weighted by Gasteiger charge is 2.15. The Balaban J connectivity index is 1.69. The van der Waals surface area contributed by atoms with Crippen molar-refractivity contribution in [3.63, 3.8) is 0 Å².